The summed E-state index contributed by atoms with van der Waals surface area (Å²) in [5.41, 5.74) is 2.91. The molecule has 116 valence electrons. The Kier molecular flexibility index (Phi) is 3.56. The van der Waals surface area contributed by atoms with Gasteiger partial charge in [0.15, 0.2) is 0 Å². The molecular formula is C20H30S. The van der Waals surface area contributed by atoms with Crippen LogP contribution in [0.1, 0.15) is 58.3 Å². The van der Waals surface area contributed by atoms with Gasteiger partial charge in [0.05, 0.1) is 0 Å². The lowest BCUT2D eigenvalue weighted by Crippen LogP contribution is -2.49. The SMILES string of the molecule is CSC[C@@]12CCC[C@H]1[C@@H]1CCC3=CCC=C[C@]3(C)[C@H]1CC2. The van der Waals surface area contributed by atoms with Gasteiger partial charge >= 0.3 is 0 Å². The molecule has 0 aromatic heterocycles. The Labute approximate surface area is 134 Å². The quantitative estimate of drug-likeness (QED) is 0.577. The van der Waals surface area contributed by atoms with E-state index >= 15 is 0 Å². The molecule has 0 radical (unpaired) electrons. The molecule has 3 fully saturated rings. The van der Waals surface area contributed by atoms with Crippen LogP contribution in [0, 0.1) is 28.6 Å². The molecule has 0 unspecified atom stereocenters. The van der Waals surface area contributed by atoms with Crippen LogP contribution in [0.2, 0.25) is 0 Å². The molecule has 0 heterocycles. The van der Waals surface area contributed by atoms with Crippen LogP contribution in [-0.4, -0.2) is 12.0 Å². The Hall–Kier alpha value is -0.170. The number of hydrogen-bond acceptors (Lipinski definition) is 1. The second-order valence-corrected chi connectivity index (χ2v) is 9.16. The molecule has 4 aliphatic carbocycles. The molecular weight excluding hydrogens is 272 g/mol. The van der Waals surface area contributed by atoms with Gasteiger partial charge in [0.25, 0.3) is 0 Å². The zero-order valence-corrected chi connectivity index (χ0v) is 14.6. The Bertz CT molecular complexity index is 476. The van der Waals surface area contributed by atoms with Crippen LogP contribution in [0.5, 0.6) is 0 Å². The van der Waals surface area contributed by atoms with Gasteiger partial charge in [-0.15, -0.1) is 0 Å². The molecule has 0 nitrogen and oxygen atoms in total. The van der Waals surface area contributed by atoms with Gasteiger partial charge in [-0.3, -0.25) is 0 Å². The molecule has 0 aliphatic heterocycles. The third-order valence-electron chi connectivity index (χ3n) is 7.57. The molecule has 1 heteroatoms. The fourth-order valence-corrected chi connectivity index (χ4v) is 7.75. The lowest BCUT2D eigenvalue weighted by Gasteiger charge is -2.57. The van der Waals surface area contributed by atoms with Crippen molar-refractivity contribution in [3.05, 3.63) is 23.8 Å². The molecule has 21 heavy (non-hydrogen) atoms. The maximum Gasteiger partial charge on any atom is 0.00936 e. The normalized spacial score (nSPS) is 48.3. The summed E-state index contributed by atoms with van der Waals surface area (Å²) in [4.78, 5) is 0. The molecule has 0 aromatic carbocycles. The minimum absolute atomic E-state index is 0.412. The lowest BCUT2D eigenvalue weighted by molar-refractivity contribution is -0.0128. The minimum atomic E-state index is 0.412. The van der Waals surface area contributed by atoms with Crippen LogP contribution < -0.4 is 0 Å². The van der Waals surface area contributed by atoms with Crippen molar-refractivity contribution in [3.8, 4) is 0 Å². The van der Waals surface area contributed by atoms with Gasteiger partial charge in [0.1, 0.15) is 0 Å². The van der Waals surface area contributed by atoms with E-state index in [2.05, 4.69) is 43.2 Å². The molecule has 0 spiro atoms. The summed E-state index contributed by atoms with van der Waals surface area (Å²) in [7, 11) is 0. The monoisotopic (exact) mass is 302 g/mol. The largest absolute Gasteiger partial charge is 0.165 e. The topological polar surface area (TPSA) is 0 Å². The van der Waals surface area contributed by atoms with E-state index in [1.54, 1.807) is 5.57 Å². The maximum atomic E-state index is 2.59. The number of rotatable bonds is 2. The number of hydrogen-bond donors (Lipinski definition) is 0. The smallest absolute Gasteiger partial charge is 0.00936 e. The zero-order valence-electron chi connectivity index (χ0n) is 13.7. The van der Waals surface area contributed by atoms with Gasteiger partial charge in [0, 0.05) is 5.41 Å². The van der Waals surface area contributed by atoms with Gasteiger partial charge in [-0.1, -0.05) is 37.1 Å². The first-order chi connectivity index (χ1) is 10.2. The van der Waals surface area contributed by atoms with Gasteiger partial charge in [-0.05, 0) is 80.1 Å². The Balaban J connectivity index is 1.67. The van der Waals surface area contributed by atoms with E-state index in [0.717, 1.165) is 23.2 Å². The second kappa shape index (κ2) is 5.18. The number of allylic oxidation sites excluding steroid dienone is 4. The van der Waals surface area contributed by atoms with E-state index in [1.165, 1.54) is 57.1 Å². The predicted octanol–water partition coefficient (Wildman–Crippen LogP) is 5.85. The highest BCUT2D eigenvalue weighted by Crippen LogP contribution is 2.65. The van der Waals surface area contributed by atoms with Crippen LogP contribution in [0.3, 0.4) is 0 Å². The first-order valence-corrected chi connectivity index (χ1v) is 10.5. The van der Waals surface area contributed by atoms with Crippen molar-refractivity contribution in [2.24, 2.45) is 28.6 Å². The summed E-state index contributed by atoms with van der Waals surface area (Å²) in [6.45, 7) is 2.56. The molecule has 0 N–H and O–H groups in total. The number of thioether (sulfide) groups is 1. The highest BCUT2D eigenvalue weighted by Gasteiger charge is 2.56. The van der Waals surface area contributed by atoms with Gasteiger partial charge in [-0.2, -0.15) is 11.8 Å². The first-order valence-electron chi connectivity index (χ1n) is 9.06. The maximum absolute atomic E-state index is 2.59. The Morgan fingerprint density at radius 3 is 2.95 bits per heavy atom. The molecule has 0 saturated heterocycles. The molecule has 0 bridgehead atoms. The molecule has 0 amide bonds. The van der Waals surface area contributed by atoms with Gasteiger partial charge in [-0.25, -0.2) is 0 Å². The Morgan fingerprint density at radius 2 is 2.10 bits per heavy atom. The van der Waals surface area contributed by atoms with Crippen molar-refractivity contribution in [1.82, 2.24) is 0 Å². The van der Waals surface area contributed by atoms with E-state index in [4.69, 9.17) is 0 Å². The average molecular weight is 303 g/mol. The average Bonchev–Trinajstić information content (AvgIpc) is 2.91. The number of fused-ring (bicyclic) bond motifs is 5. The van der Waals surface area contributed by atoms with Crippen molar-refractivity contribution >= 4 is 11.8 Å². The highest BCUT2D eigenvalue weighted by molar-refractivity contribution is 7.98. The van der Waals surface area contributed by atoms with Crippen molar-refractivity contribution in [2.75, 3.05) is 12.0 Å². The van der Waals surface area contributed by atoms with E-state index in [0.29, 0.717) is 5.41 Å². The van der Waals surface area contributed by atoms with E-state index in [1.807, 2.05) is 0 Å². The van der Waals surface area contributed by atoms with E-state index < -0.39 is 0 Å². The molecule has 5 atom stereocenters. The zero-order chi connectivity index (χ0) is 14.5. The molecule has 4 aliphatic rings. The van der Waals surface area contributed by atoms with Crippen molar-refractivity contribution < 1.29 is 0 Å². The summed E-state index contributed by atoms with van der Waals surface area (Å²) in [5, 5.41) is 0. The van der Waals surface area contributed by atoms with E-state index in [9.17, 15) is 0 Å². The first kappa shape index (κ1) is 14.4. The van der Waals surface area contributed by atoms with Crippen LogP contribution in [0.15, 0.2) is 23.8 Å². The fraction of sp³-hybridized carbons (Fsp3) is 0.800. The van der Waals surface area contributed by atoms with Crippen molar-refractivity contribution in [2.45, 2.75) is 58.3 Å². The van der Waals surface area contributed by atoms with E-state index in [-0.39, 0.29) is 0 Å². The molecule has 0 aromatic rings. The summed E-state index contributed by atoms with van der Waals surface area (Å²) in [6, 6.07) is 0. The standard InChI is InChI=1S/C20H30S/c1-19-11-4-3-6-15(19)8-9-16-17(19)10-13-20(14-21-2)12-5-7-18(16)20/h4,6,11,16-18H,3,5,7-10,12-14H2,1-2H3/t16-,17+,18+,19+,20+/m1/s1. The summed E-state index contributed by atoms with van der Waals surface area (Å²) < 4.78 is 0. The van der Waals surface area contributed by atoms with Gasteiger partial charge < -0.3 is 0 Å². The van der Waals surface area contributed by atoms with Crippen LogP contribution in [-0.2, 0) is 0 Å². The van der Waals surface area contributed by atoms with Crippen molar-refractivity contribution in [3.63, 3.8) is 0 Å². The van der Waals surface area contributed by atoms with Crippen LogP contribution in [0.4, 0.5) is 0 Å². The summed E-state index contributed by atoms with van der Waals surface area (Å²) in [6.07, 6.45) is 21.5. The van der Waals surface area contributed by atoms with Gasteiger partial charge in [0.2, 0.25) is 0 Å². The second-order valence-electron chi connectivity index (χ2n) is 8.29. The molecule has 4 rings (SSSR count). The minimum Gasteiger partial charge on any atom is -0.165 e. The fourth-order valence-electron chi connectivity index (χ4n) is 6.67. The summed E-state index contributed by atoms with van der Waals surface area (Å²) >= 11 is 2.11. The summed E-state index contributed by atoms with van der Waals surface area (Å²) in [5.74, 6) is 4.42. The third-order valence-corrected chi connectivity index (χ3v) is 8.43. The highest BCUT2D eigenvalue weighted by atomic mass is 32.2. The predicted molar refractivity (Wildman–Crippen MR) is 93.6 cm³/mol. The van der Waals surface area contributed by atoms with Crippen LogP contribution >= 0.6 is 11.8 Å². The van der Waals surface area contributed by atoms with Crippen molar-refractivity contribution in [1.29, 1.82) is 0 Å². The lowest BCUT2D eigenvalue weighted by atomic mass is 9.48. The Morgan fingerprint density at radius 1 is 1.19 bits per heavy atom. The molecule has 3 saturated carbocycles. The third kappa shape index (κ3) is 2.02. The van der Waals surface area contributed by atoms with Crippen LogP contribution in [0.25, 0.3) is 0 Å².